The van der Waals surface area contributed by atoms with E-state index in [0.717, 1.165) is 0 Å². The van der Waals surface area contributed by atoms with Crippen molar-refractivity contribution < 1.29 is 49.1 Å². The fourth-order valence-corrected chi connectivity index (χ4v) is 5.79. The van der Waals surface area contributed by atoms with Crippen LogP contribution in [-0.4, -0.2) is 65.9 Å². The van der Waals surface area contributed by atoms with Crippen molar-refractivity contribution in [2.75, 3.05) is 11.5 Å². The lowest BCUT2D eigenvalue weighted by molar-refractivity contribution is 0.456. The molecule has 0 amide bonds. The monoisotopic (exact) mass is 510 g/mol. The molecule has 0 bridgehead atoms. The van der Waals surface area contributed by atoms with E-state index in [1.54, 1.807) is 0 Å². The Morgan fingerprint density at radius 1 is 0.719 bits per heavy atom. The van der Waals surface area contributed by atoms with Crippen LogP contribution in [0, 0.1) is 0 Å². The van der Waals surface area contributed by atoms with E-state index in [4.69, 9.17) is 9.11 Å². The molecular formula is C18H22O11S3. The Morgan fingerprint density at radius 2 is 1.22 bits per heavy atom. The van der Waals surface area contributed by atoms with Crippen molar-refractivity contribution in [3.05, 3.63) is 47.5 Å². The third-order valence-corrected chi connectivity index (χ3v) is 7.58. The smallest absolute Gasteiger partial charge is 0.269 e. The number of benzene rings is 2. The molecule has 0 aliphatic heterocycles. The fourth-order valence-electron chi connectivity index (χ4n) is 3.09. The van der Waals surface area contributed by atoms with E-state index < -0.39 is 53.5 Å². The summed E-state index contributed by atoms with van der Waals surface area (Å²) in [6, 6.07) is 8.05. The molecule has 2 aromatic carbocycles. The normalized spacial score (nSPS) is 13.7. The lowest BCUT2D eigenvalue weighted by Crippen LogP contribution is -2.31. The summed E-state index contributed by atoms with van der Waals surface area (Å²) in [7, 11) is -13.7. The van der Waals surface area contributed by atoms with Crippen molar-refractivity contribution in [1.82, 2.24) is 0 Å². The molecule has 0 saturated carbocycles. The summed E-state index contributed by atoms with van der Waals surface area (Å²) in [6.45, 7) is 0. The summed E-state index contributed by atoms with van der Waals surface area (Å²) in [5, 5.41) is 18.6. The number of rotatable bonds is 10. The third-order valence-electron chi connectivity index (χ3n) is 4.56. The van der Waals surface area contributed by atoms with E-state index in [1.165, 1.54) is 36.4 Å². The van der Waals surface area contributed by atoms with Crippen LogP contribution in [0.25, 0.3) is 11.1 Å². The average Bonchev–Trinajstić information content (AvgIpc) is 2.61. The summed E-state index contributed by atoms with van der Waals surface area (Å²) < 4.78 is 94.1. The Kier molecular flexibility index (Phi) is 7.91. The summed E-state index contributed by atoms with van der Waals surface area (Å²) in [5.41, 5.74) is 0.957. The predicted octanol–water partition coefficient (Wildman–Crippen LogP) is 1.27. The highest BCUT2D eigenvalue weighted by molar-refractivity contribution is 7.90. The van der Waals surface area contributed by atoms with Gasteiger partial charge in [0.1, 0.15) is 16.7 Å². The van der Waals surface area contributed by atoms with Crippen LogP contribution >= 0.6 is 0 Å². The molecule has 1 atom stereocenters. The molecule has 32 heavy (non-hydrogen) atoms. The van der Waals surface area contributed by atoms with Crippen LogP contribution in [0.1, 0.15) is 17.5 Å². The zero-order valence-corrected chi connectivity index (χ0v) is 18.9. The maximum Gasteiger partial charge on any atom is 0.269 e. The van der Waals surface area contributed by atoms with Gasteiger partial charge in [-0.1, -0.05) is 12.1 Å². The maximum atomic E-state index is 11.5. The van der Waals surface area contributed by atoms with Crippen LogP contribution in [0.2, 0.25) is 0 Å². The molecule has 2 aromatic rings. The van der Waals surface area contributed by atoms with Gasteiger partial charge in [0.2, 0.25) is 0 Å². The fraction of sp³-hybridized carbons (Fsp3) is 0.333. The molecule has 14 heteroatoms. The Balaban J connectivity index is 2.39. The Hall–Kier alpha value is -2.23. The topological polar surface area (TPSA) is 204 Å². The third kappa shape index (κ3) is 8.03. The molecule has 178 valence electrons. The number of aryl methyl sites for hydroxylation is 1. The standard InChI is InChI=1S/C18H22O11S3/c19-17-5-3-12(2-1-7-30(21,22)23)9-15(17)16-10-13(4-6-18(16)20)8-14(32(27,28)29)11-31(24,25)26/h3-6,9-10,14,19-20H,1-2,7-8,11H2,(H,21,22,23)(H,24,25,26)(H,27,28,29). The predicted molar refractivity (Wildman–Crippen MR) is 115 cm³/mol. The average molecular weight is 511 g/mol. The Morgan fingerprint density at radius 3 is 1.69 bits per heavy atom. The number of phenols is 2. The second kappa shape index (κ2) is 9.72. The van der Waals surface area contributed by atoms with Gasteiger partial charge in [-0.3, -0.25) is 13.7 Å². The number of hydrogen-bond donors (Lipinski definition) is 5. The Labute approximate surface area is 185 Å². The molecule has 0 aromatic heterocycles. The molecule has 0 heterocycles. The first-order valence-corrected chi connectivity index (χ1v) is 13.8. The summed E-state index contributed by atoms with van der Waals surface area (Å²) in [6.07, 6.45) is -0.186. The molecule has 0 radical (unpaired) electrons. The van der Waals surface area contributed by atoms with Gasteiger partial charge in [-0.15, -0.1) is 0 Å². The van der Waals surface area contributed by atoms with Gasteiger partial charge in [0.05, 0.1) is 11.5 Å². The van der Waals surface area contributed by atoms with Gasteiger partial charge < -0.3 is 10.2 Å². The SMILES string of the molecule is O=S(=O)(O)CCCc1ccc(O)c(-c2cc(CC(CS(=O)(=O)O)S(=O)(=O)O)ccc2O)c1. The second-order valence-corrected chi connectivity index (χ2v) is 11.9. The van der Waals surface area contributed by atoms with E-state index >= 15 is 0 Å². The lowest BCUT2D eigenvalue weighted by atomic mass is 9.96. The van der Waals surface area contributed by atoms with Crippen LogP contribution in [0.3, 0.4) is 0 Å². The van der Waals surface area contributed by atoms with E-state index in [-0.39, 0.29) is 41.0 Å². The molecule has 1 unspecified atom stereocenters. The van der Waals surface area contributed by atoms with E-state index in [9.17, 15) is 40.0 Å². The first kappa shape index (κ1) is 26.0. The minimum absolute atomic E-state index is 0.0672. The van der Waals surface area contributed by atoms with Crippen LogP contribution in [-0.2, 0) is 43.2 Å². The van der Waals surface area contributed by atoms with Crippen LogP contribution in [0.4, 0.5) is 0 Å². The number of aromatic hydroxyl groups is 2. The summed E-state index contributed by atoms with van der Waals surface area (Å²) in [4.78, 5) is 0. The van der Waals surface area contributed by atoms with Gasteiger partial charge in [-0.25, -0.2) is 0 Å². The van der Waals surface area contributed by atoms with Gasteiger partial charge in [0, 0.05) is 11.1 Å². The first-order chi connectivity index (χ1) is 14.5. The molecule has 0 saturated heterocycles. The number of phenolic OH excluding ortho intramolecular Hbond substituents is 2. The number of hydrogen-bond acceptors (Lipinski definition) is 8. The second-order valence-electron chi connectivity index (χ2n) is 7.18. The van der Waals surface area contributed by atoms with E-state index in [1.807, 2.05) is 0 Å². The van der Waals surface area contributed by atoms with Gasteiger partial charge >= 0.3 is 0 Å². The molecule has 11 nitrogen and oxygen atoms in total. The van der Waals surface area contributed by atoms with Crippen molar-refractivity contribution in [3.8, 4) is 22.6 Å². The summed E-state index contributed by atoms with van der Waals surface area (Å²) >= 11 is 0. The van der Waals surface area contributed by atoms with E-state index in [0.29, 0.717) is 5.56 Å². The highest BCUT2D eigenvalue weighted by Crippen LogP contribution is 2.37. The zero-order valence-electron chi connectivity index (χ0n) is 16.5. The van der Waals surface area contributed by atoms with E-state index in [2.05, 4.69) is 0 Å². The van der Waals surface area contributed by atoms with Crippen molar-refractivity contribution in [2.24, 2.45) is 0 Å². The first-order valence-electron chi connectivity index (χ1n) is 9.06. The molecule has 0 fully saturated rings. The largest absolute Gasteiger partial charge is 0.507 e. The van der Waals surface area contributed by atoms with Crippen molar-refractivity contribution >= 4 is 30.4 Å². The molecule has 0 aliphatic carbocycles. The van der Waals surface area contributed by atoms with Crippen LogP contribution in [0.15, 0.2) is 36.4 Å². The maximum absolute atomic E-state index is 11.5. The van der Waals surface area contributed by atoms with Crippen LogP contribution in [0.5, 0.6) is 11.5 Å². The minimum atomic E-state index is -4.84. The highest BCUT2D eigenvalue weighted by Gasteiger charge is 2.29. The quantitative estimate of drug-likeness (QED) is 0.288. The van der Waals surface area contributed by atoms with Gasteiger partial charge in [-0.05, 0) is 54.7 Å². The molecule has 2 rings (SSSR count). The minimum Gasteiger partial charge on any atom is -0.507 e. The zero-order chi connectivity index (χ0) is 24.3. The van der Waals surface area contributed by atoms with Crippen molar-refractivity contribution in [3.63, 3.8) is 0 Å². The Bertz CT molecular complexity index is 1300. The van der Waals surface area contributed by atoms with Crippen LogP contribution < -0.4 is 0 Å². The lowest BCUT2D eigenvalue weighted by Gasteiger charge is -2.15. The van der Waals surface area contributed by atoms with Crippen molar-refractivity contribution in [1.29, 1.82) is 0 Å². The van der Waals surface area contributed by atoms with Gasteiger partial charge in [0.15, 0.2) is 0 Å². The molecular weight excluding hydrogens is 488 g/mol. The van der Waals surface area contributed by atoms with Gasteiger partial charge in [-0.2, -0.15) is 25.3 Å². The molecule has 0 aliphatic rings. The molecule has 5 N–H and O–H groups in total. The van der Waals surface area contributed by atoms with Gasteiger partial charge in [0.25, 0.3) is 30.4 Å². The molecule has 0 spiro atoms. The van der Waals surface area contributed by atoms with Crippen molar-refractivity contribution in [2.45, 2.75) is 24.5 Å². The highest BCUT2D eigenvalue weighted by atomic mass is 32.2. The summed E-state index contributed by atoms with van der Waals surface area (Å²) in [5.74, 6) is -2.25.